The molecule has 0 amide bonds. The Labute approximate surface area is 68.8 Å². The van der Waals surface area contributed by atoms with Crippen LogP contribution < -0.4 is 0 Å². The molecule has 0 aliphatic rings. The molecule has 11 heavy (non-hydrogen) atoms. The van der Waals surface area contributed by atoms with Crippen LogP contribution in [0.5, 0.6) is 0 Å². The van der Waals surface area contributed by atoms with E-state index >= 15 is 0 Å². The fraction of sp³-hybridized carbons (Fsp3) is 0.600. The van der Waals surface area contributed by atoms with Crippen molar-refractivity contribution in [3.63, 3.8) is 0 Å². The van der Waals surface area contributed by atoms with Crippen molar-refractivity contribution in [3.05, 3.63) is 24.1 Å². The van der Waals surface area contributed by atoms with Gasteiger partial charge in [0, 0.05) is 0 Å². The first kappa shape index (κ1) is 10.4. The fourth-order valence-corrected chi connectivity index (χ4v) is 1.03. The van der Waals surface area contributed by atoms with Crippen molar-refractivity contribution in [2.45, 2.75) is 33.6 Å². The Morgan fingerprint density at radius 2 is 2.18 bits per heavy atom. The number of halogens is 1. The second-order valence-corrected chi connectivity index (χ2v) is 2.85. The summed E-state index contributed by atoms with van der Waals surface area (Å²) in [5, 5.41) is 0. The lowest BCUT2D eigenvalue weighted by atomic mass is 9.97. The van der Waals surface area contributed by atoms with Crippen molar-refractivity contribution in [1.29, 1.82) is 0 Å². The molecule has 0 bridgehead atoms. The second kappa shape index (κ2) is 5.11. The minimum absolute atomic E-state index is 0.161. The highest BCUT2D eigenvalue weighted by Gasteiger charge is 2.08. The van der Waals surface area contributed by atoms with Gasteiger partial charge in [-0.05, 0) is 24.8 Å². The zero-order chi connectivity index (χ0) is 8.85. The zero-order valence-corrected chi connectivity index (χ0v) is 7.65. The second-order valence-electron chi connectivity index (χ2n) is 2.85. The van der Waals surface area contributed by atoms with Gasteiger partial charge in [-0.25, -0.2) is 4.39 Å². The summed E-state index contributed by atoms with van der Waals surface area (Å²) < 4.78 is 12.9. The average molecular weight is 156 g/mol. The standard InChI is InChI=1S/C10H17F/c1-5-7-8(3)9(4)10(11)6-2/h6,8H,4-5,7H2,1-3H3/b10-6+. The van der Waals surface area contributed by atoms with E-state index in [1.54, 1.807) is 6.92 Å². The minimum atomic E-state index is -0.161. The van der Waals surface area contributed by atoms with Crippen LogP contribution in [0.15, 0.2) is 24.1 Å². The summed E-state index contributed by atoms with van der Waals surface area (Å²) in [5.41, 5.74) is 0.634. The Kier molecular flexibility index (Phi) is 4.84. The topological polar surface area (TPSA) is 0 Å². The molecule has 1 unspecified atom stereocenters. The van der Waals surface area contributed by atoms with Crippen LogP contribution in [0, 0.1) is 5.92 Å². The number of rotatable bonds is 4. The molecule has 0 aromatic rings. The van der Waals surface area contributed by atoms with E-state index in [2.05, 4.69) is 13.5 Å². The summed E-state index contributed by atoms with van der Waals surface area (Å²) in [6, 6.07) is 0. The maximum atomic E-state index is 12.9. The Morgan fingerprint density at radius 3 is 2.55 bits per heavy atom. The molecule has 0 N–H and O–H groups in total. The monoisotopic (exact) mass is 156 g/mol. The van der Waals surface area contributed by atoms with Crippen molar-refractivity contribution in [2.75, 3.05) is 0 Å². The van der Waals surface area contributed by atoms with Crippen molar-refractivity contribution in [3.8, 4) is 0 Å². The molecule has 0 heterocycles. The molecular formula is C10H17F. The molecule has 0 aliphatic carbocycles. The summed E-state index contributed by atoms with van der Waals surface area (Å²) in [4.78, 5) is 0. The SMILES string of the molecule is C=C(/C(F)=C\C)C(C)CCC. The normalized spacial score (nSPS) is 14.7. The van der Waals surface area contributed by atoms with Gasteiger partial charge in [-0.1, -0.05) is 32.9 Å². The van der Waals surface area contributed by atoms with E-state index in [0.29, 0.717) is 5.57 Å². The van der Waals surface area contributed by atoms with Gasteiger partial charge in [0.2, 0.25) is 0 Å². The summed E-state index contributed by atoms with van der Waals surface area (Å²) in [6.07, 6.45) is 3.56. The van der Waals surface area contributed by atoms with Gasteiger partial charge in [-0.2, -0.15) is 0 Å². The lowest BCUT2D eigenvalue weighted by Crippen LogP contribution is -1.97. The largest absolute Gasteiger partial charge is 0.207 e. The molecule has 0 rings (SSSR count). The van der Waals surface area contributed by atoms with Crippen molar-refractivity contribution < 1.29 is 4.39 Å². The first-order valence-corrected chi connectivity index (χ1v) is 4.14. The van der Waals surface area contributed by atoms with E-state index in [-0.39, 0.29) is 11.7 Å². The lowest BCUT2D eigenvalue weighted by Gasteiger charge is -2.10. The molecule has 0 nitrogen and oxygen atoms in total. The Balaban J connectivity index is 4.02. The number of hydrogen-bond acceptors (Lipinski definition) is 0. The van der Waals surface area contributed by atoms with Crippen LogP contribution in [0.25, 0.3) is 0 Å². The summed E-state index contributed by atoms with van der Waals surface area (Å²) >= 11 is 0. The van der Waals surface area contributed by atoms with Gasteiger partial charge in [0.25, 0.3) is 0 Å². The van der Waals surface area contributed by atoms with Gasteiger partial charge in [0.15, 0.2) is 0 Å². The Morgan fingerprint density at radius 1 is 1.64 bits per heavy atom. The summed E-state index contributed by atoms with van der Waals surface area (Å²) in [6.45, 7) is 9.50. The molecular weight excluding hydrogens is 139 g/mol. The summed E-state index contributed by atoms with van der Waals surface area (Å²) in [5.74, 6) is 0.113. The van der Waals surface area contributed by atoms with E-state index in [0.717, 1.165) is 12.8 Å². The first-order chi connectivity index (χ1) is 5.13. The Hall–Kier alpha value is -0.590. The lowest BCUT2D eigenvalue weighted by molar-refractivity contribution is 0.553. The van der Waals surface area contributed by atoms with Gasteiger partial charge < -0.3 is 0 Å². The fourth-order valence-electron chi connectivity index (χ4n) is 1.03. The first-order valence-electron chi connectivity index (χ1n) is 4.14. The zero-order valence-electron chi connectivity index (χ0n) is 7.65. The van der Waals surface area contributed by atoms with E-state index in [1.807, 2.05) is 6.92 Å². The van der Waals surface area contributed by atoms with Gasteiger partial charge in [-0.15, -0.1) is 0 Å². The van der Waals surface area contributed by atoms with Crippen LogP contribution in [-0.2, 0) is 0 Å². The van der Waals surface area contributed by atoms with Crippen LogP contribution in [0.2, 0.25) is 0 Å². The molecule has 0 saturated heterocycles. The highest BCUT2D eigenvalue weighted by atomic mass is 19.1. The molecule has 0 saturated carbocycles. The van der Waals surface area contributed by atoms with Crippen molar-refractivity contribution in [2.24, 2.45) is 5.92 Å². The van der Waals surface area contributed by atoms with Gasteiger partial charge in [0.05, 0.1) is 0 Å². The molecule has 0 radical (unpaired) electrons. The van der Waals surface area contributed by atoms with Gasteiger partial charge >= 0.3 is 0 Å². The third-order valence-electron chi connectivity index (χ3n) is 1.88. The molecule has 1 atom stereocenters. The van der Waals surface area contributed by atoms with Crippen molar-refractivity contribution >= 4 is 0 Å². The predicted octanol–water partition coefficient (Wildman–Crippen LogP) is 3.85. The van der Waals surface area contributed by atoms with E-state index < -0.39 is 0 Å². The van der Waals surface area contributed by atoms with Crippen LogP contribution >= 0.6 is 0 Å². The third-order valence-corrected chi connectivity index (χ3v) is 1.88. The molecule has 0 aromatic heterocycles. The molecule has 0 fully saturated rings. The smallest absolute Gasteiger partial charge is 0.121 e. The van der Waals surface area contributed by atoms with Crippen LogP contribution in [0.3, 0.4) is 0 Å². The third kappa shape index (κ3) is 3.35. The highest BCUT2D eigenvalue weighted by molar-refractivity contribution is 5.23. The highest BCUT2D eigenvalue weighted by Crippen LogP contribution is 2.22. The number of allylic oxidation sites excluding steroid dienone is 3. The summed E-state index contributed by atoms with van der Waals surface area (Å²) in [7, 11) is 0. The maximum absolute atomic E-state index is 12.9. The van der Waals surface area contributed by atoms with Crippen LogP contribution in [0.1, 0.15) is 33.6 Å². The van der Waals surface area contributed by atoms with E-state index in [9.17, 15) is 4.39 Å². The molecule has 64 valence electrons. The van der Waals surface area contributed by atoms with E-state index in [4.69, 9.17) is 0 Å². The van der Waals surface area contributed by atoms with Crippen molar-refractivity contribution in [1.82, 2.24) is 0 Å². The average Bonchev–Trinajstić information content (AvgIpc) is 2.02. The molecule has 0 spiro atoms. The maximum Gasteiger partial charge on any atom is 0.121 e. The van der Waals surface area contributed by atoms with Crippen LogP contribution in [-0.4, -0.2) is 0 Å². The minimum Gasteiger partial charge on any atom is -0.207 e. The molecule has 0 aliphatic heterocycles. The predicted molar refractivity (Wildman–Crippen MR) is 48.1 cm³/mol. The molecule has 0 aromatic carbocycles. The van der Waals surface area contributed by atoms with Gasteiger partial charge in [0.1, 0.15) is 5.83 Å². The van der Waals surface area contributed by atoms with Crippen LogP contribution in [0.4, 0.5) is 4.39 Å². The van der Waals surface area contributed by atoms with E-state index in [1.165, 1.54) is 6.08 Å². The Bertz CT molecular complexity index is 156. The number of hydrogen-bond donors (Lipinski definition) is 0. The van der Waals surface area contributed by atoms with Gasteiger partial charge in [-0.3, -0.25) is 0 Å². The quantitative estimate of drug-likeness (QED) is 0.542. The molecule has 1 heteroatoms.